The first-order chi connectivity index (χ1) is 14.0. The fraction of sp³-hybridized carbons (Fsp3) is 0.455. The molecule has 2 aromatic rings. The predicted molar refractivity (Wildman–Crippen MR) is 109 cm³/mol. The number of anilines is 1. The molecule has 0 unspecified atom stereocenters. The molecule has 0 radical (unpaired) electrons. The topological polar surface area (TPSA) is 75.6 Å². The summed E-state index contributed by atoms with van der Waals surface area (Å²) in [7, 11) is 0. The van der Waals surface area contributed by atoms with Crippen molar-refractivity contribution in [3.63, 3.8) is 0 Å². The Kier molecular flexibility index (Phi) is 5.47. The van der Waals surface area contributed by atoms with Gasteiger partial charge in [0.2, 0.25) is 5.91 Å². The van der Waals surface area contributed by atoms with Gasteiger partial charge in [0.15, 0.2) is 0 Å². The number of nitrogens with zero attached hydrogens (tertiary/aromatic N) is 4. The van der Waals surface area contributed by atoms with Crippen LogP contribution in [0.2, 0.25) is 0 Å². The van der Waals surface area contributed by atoms with Crippen LogP contribution in [0.1, 0.15) is 42.8 Å². The lowest BCUT2D eigenvalue weighted by atomic mass is 9.95. The second kappa shape index (κ2) is 8.19. The summed E-state index contributed by atoms with van der Waals surface area (Å²) in [5, 5.41) is 0. The van der Waals surface area contributed by atoms with Crippen LogP contribution in [0.25, 0.3) is 0 Å². The molecule has 7 heteroatoms. The summed E-state index contributed by atoms with van der Waals surface area (Å²) in [6.45, 7) is 5.31. The molecule has 1 aromatic heterocycles. The number of hydrogen-bond donors (Lipinski definition) is 0. The Morgan fingerprint density at radius 1 is 1.17 bits per heavy atom. The second-order valence-electron chi connectivity index (χ2n) is 7.80. The van der Waals surface area contributed by atoms with Gasteiger partial charge in [0.1, 0.15) is 18.2 Å². The number of benzene rings is 1. The largest absolute Gasteiger partial charge is 0.447 e. The van der Waals surface area contributed by atoms with E-state index in [0.29, 0.717) is 18.8 Å². The molecule has 2 fully saturated rings. The third-order valence-corrected chi connectivity index (χ3v) is 5.69. The molecule has 152 valence electrons. The van der Waals surface area contributed by atoms with Crippen molar-refractivity contribution >= 4 is 17.8 Å². The minimum absolute atomic E-state index is 0.0911. The summed E-state index contributed by atoms with van der Waals surface area (Å²) in [5.74, 6) is 1.65. The molecular formula is C22H26N4O3. The number of likely N-dealkylation sites (tertiary alicyclic amines) is 1. The standard InChI is InChI=1S/C22H26N4O3/c1-15-12-20(24-21(23-15)18-8-10-25(11-9-18)16(2)27)26-19(14-29-22(26)28)13-17-6-4-3-5-7-17/h3-7,12,18-19H,8-11,13-14H2,1-2H3/t19-/m1/s1. The van der Waals surface area contributed by atoms with Crippen molar-refractivity contribution in [3.8, 4) is 0 Å². The lowest BCUT2D eigenvalue weighted by Gasteiger charge is -2.31. The summed E-state index contributed by atoms with van der Waals surface area (Å²) in [6, 6.07) is 11.8. The van der Waals surface area contributed by atoms with Crippen molar-refractivity contribution in [1.82, 2.24) is 14.9 Å². The molecule has 2 aliphatic heterocycles. The Hall–Kier alpha value is -2.96. The van der Waals surface area contributed by atoms with E-state index in [2.05, 4.69) is 17.1 Å². The highest BCUT2D eigenvalue weighted by atomic mass is 16.6. The van der Waals surface area contributed by atoms with Gasteiger partial charge in [-0.05, 0) is 31.7 Å². The first kappa shape index (κ1) is 19.4. The summed E-state index contributed by atoms with van der Waals surface area (Å²) < 4.78 is 5.35. The Balaban J connectivity index is 1.56. The highest BCUT2D eigenvalue weighted by Gasteiger charge is 2.36. The van der Waals surface area contributed by atoms with E-state index < -0.39 is 0 Å². The monoisotopic (exact) mass is 394 g/mol. The molecule has 2 saturated heterocycles. The van der Waals surface area contributed by atoms with Crippen LogP contribution in [-0.2, 0) is 16.0 Å². The first-order valence-corrected chi connectivity index (χ1v) is 10.1. The molecule has 4 rings (SSSR count). The molecule has 29 heavy (non-hydrogen) atoms. The molecule has 2 aliphatic rings. The SMILES string of the molecule is CC(=O)N1CCC(c2nc(C)cc(N3C(=O)OC[C@H]3Cc3ccccc3)n2)CC1. The molecular weight excluding hydrogens is 368 g/mol. The molecule has 3 heterocycles. The number of amides is 2. The van der Waals surface area contributed by atoms with Gasteiger partial charge in [-0.1, -0.05) is 30.3 Å². The van der Waals surface area contributed by atoms with Gasteiger partial charge in [0, 0.05) is 37.7 Å². The van der Waals surface area contributed by atoms with Gasteiger partial charge in [-0.2, -0.15) is 0 Å². The molecule has 1 aromatic carbocycles. The number of aromatic nitrogens is 2. The first-order valence-electron chi connectivity index (χ1n) is 10.1. The van der Waals surface area contributed by atoms with Gasteiger partial charge in [-0.25, -0.2) is 14.8 Å². The van der Waals surface area contributed by atoms with E-state index in [1.165, 1.54) is 0 Å². The molecule has 0 aliphatic carbocycles. The van der Waals surface area contributed by atoms with Gasteiger partial charge in [-0.15, -0.1) is 0 Å². The number of cyclic esters (lactones) is 1. The van der Waals surface area contributed by atoms with E-state index in [1.54, 1.807) is 11.8 Å². The third-order valence-electron chi connectivity index (χ3n) is 5.69. The average Bonchev–Trinajstić information content (AvgIpc) is 3.08. The van der Waals surface area contributed by atoms with Gasteiger partial charge in [0.05, 0.1) is 6.04 Å². The van der Waals surface area contributed by atoms with Crippen molar-refractivity contribution in [1.29, 1.82) is 0 Å². The highest BCUT2D eigenvalue weighted by molar-refractivity contribution is 5.89. The Morgan fingerprint density at radius 3 is 2.59 bits per heavy atom. The molecule has 0 saturated carbocycles. The fourth-order valence-electron chi connectivity index (χ4n) is 4.11. The lowest BCUT2D eigenvalue weighted by Crippen LogP contribution is -2.38. The van der Waals surface area contributed by atoms with Crippen LogP contribution < -0.4 is 4.90 Å². The summed E-state index contributed by atoms with van der Waals surface area (Å²) in [5.41, 5.74) is 1.99. The number of hydrogen-bond acceptors (Lipinski definition) is 5. The number of rotatable bonds is 4. The second-order valence-corrected chi connectivity index (χ2v) is 7.80. The lowest BCUT2D eigenvalue weighted by molar-refractivity contribution is -0.129. The smallest absolute Gasteiger partial charge is 0.415 e. The van der Waals surface area contributed by atoms with Gasteiger partial charge in [0.25, 0.3) is 0 Å². The zero-order chi connectivity index (χ0) is 20.4. The average molecular weight is 394 g/mol. The highest BCUT2D eigenvalue weighted by Crippen LogP contribution is 2.29. The third kappa shape index (κ3) is 4.23. The maximum absolute atomic E-state index is 12.5. The normalized spacial score (nSPS) is 20.1. The predicted octanol–water partition coefficient (Wildman–Crippen LogP) is 3.08. The van der Waals surface area contributed by atoms with Gasteiger partial charge >= 0.3 is 6.09 Å². The van der Waals surface area contributed by atoms with Crippen molar-refractivity contribution < 1.29 is 14.3 Å². The van der Waals surface area contributed by atoms with Crippen molar-refractivity contribution in [2.75, 3.05) is 24.6 Å². The van der Waals surface area contributed by atoms with Crippen molar-refractivity contribution in [3.05, 3.63) is 53.5 Å². The van der Waals surface area contributed by atoms with Gasteiger partial charge in [-0.3, -0.25) is 9.69 Å². The molecule has 1 atom stereocenters. The zero-order valence-electron chi connectivity index (χ0n) is 16.9. The van der Waals surface area contributed by atoms with Crippen molar-refractivity contribution in [2.24, 2.45) is 0 Å². The van der Waals surface area contributed by atoms with Crippen LogP contribution in [0, 0.1) is 6.92 Å². The fourth-order valence-corrected chi connectivity index (χ4v) is 4.11. The van der Waals surface area contributed by atoms with Gasteiger partial charge < -0.3 is 9.64 Å². The summed E-state index contributed by atoms with van der Waals surface area (Å²) in [6.07, 6.45) is 2.02. The number of carbonyl (C=O) groups excluding carboxylic acids is 2. The molecule has 2 amide bonds. The molecule has 7 nitrogen and oxygen atoms in total. The number of ether oxygens (including phenoxy) is 1. The van der Waals surface area contributed by atoms with E-state index >= 15 is 0 Å². The summed E-state index contributed by atoms with van der Waals surface area (Å²) >= 11 is 0. The minimum atomic E-state index is -0.360. The van der Waals surface area contributed by atoms with E-state index in [9.17, 15) is 9.59 Å². The molecule has 0 spiro atoms. The van der Waals surface area contributed by atoms with E-state index in [1.807, 2.05) is 36.1 Å². The zero-order valence-corrected chi connectivity index (χ0v) is 16.9. The number of aryl methyl sites for hydroxylation is 1. The van der Waals surface area contributed by atoms with Crippen LogP contribution in [0.5, 0.6) is 0 Å². The van der Waals surface area contributed by atoms with E-state index in [0.717, 1.165) is 43.0 Å². The van der Waals surface area contributed by atoms with Crippen LogP contribution in [0.3, 0.4) is 0 Å². The maximum Gasteiger partial charge on any atom is 0.415 e. The maximum atomic E-state index is 12.5. The van der Waals surface area contributed by atoms with E-state index in [4.69, 9.17) is 9.72 Å². The quantitative estimate of drug-likeness (QED) is 0.797. The van der Waals surface area contributed by atoms with E-state index in [-0.39, 0.29) is 24.0 Å². The number of carbonyl (C=O) groups is 2. The van der Waals surface area contributed by atoms with Crippen LogP contribution >= 0.6 is 0 Å². The minimum Gasteiger partial charge on any atom is -0.447 e. The molecule has 0 N–H and O–H groups in total. The van der Waals surface area contributed by atoms with Crippen LogP contribution in [-0.4, -0.2) is 52.6 Å². The Bertz CT molecular complexity index is 894. The number of piperidine rings is 1. The Morgan fingerprint density at radius 2 is 1.90 bits per heavy atom. The Labute approximate surface area is 170 Å². The molecule has 0 bridgehead atoms. The van der Waals surface area contributed by atoms with Crippen molar-refractivity contribution in [2.45, 2.75) is 45.1 Å². The van der Waals surface area contributed by atoms with Crippen LogP contribution in [0.15, 0.2) is 36.4 Å². The van der Waals surface area contributed by atoms with Crippen LogP contribution in [0.4, 0.5) is 10.6 Å². The summed E-state index contributed by atoms with van der Waals surface area (Å²) in [4.78, 5) is 37.0.